The van der Waals surface area contributed by atoms with Gasteiger partial charge in [0.05, 0.1) is 10.5 Å². The second-order valence-corrected chi connectivity index (χ2v) is 7.15. The molecule has 0 fully saturated rings. The Morgan fingerprint density at radius 3 is 2.48 bits per heavy atom. The Balaban J connectivity index is 1.85. The monoisotopic (exact) mass is 351 g/mol. The van der Waals surface area contributed by atoms with Gasteiger partial charge < -0.3 is 0 Å². The Kier molecular flexibility index (Phi) is 7.31. The maximum absolute atomic E-state index is 12.5. The number of nitrogens with zero attached hydrogens (tertiary/aromatic N) is 1. The van der Waals surface area contributed by atoms with Gasteiger partial charge in [-0.2, -0.15) is 0 Å². The number of carbonyl (C=O) groups is 2. The molecule has 0 saturated carbocycles. The summed E-state index contributed by atoms with van der Waals surface area (Å²) in [6.07, 6.45) is 10.1. The molecule has 0 radical (unpaired) electrons. The molecular formula is C18H22ClNO2S. The van der Waals surface area contributed by atoms with Crippen molar-refractivity contribution in [2.45, 2.75) is 51.9 Å². The molecule has 1 aromatic heterocycles. The van der Waals surface area contributed by atoms with Gasteiger partial charge in [0, 0.05) is 6.20 Å². The number of Topliss-reactive ketones (excluding diaryl/α,β-unsaturated/α-hetero) is 2. The minimum Gasteiger partial charge on any atom is -0.288 e. The van der Waals surface area contributed by atoms with Crippen LogP contribution in [0.3, 0.4) is 0 Å². The summed E-state index contributed by atoms with van der Waals surface area (Å²) in [6, 6.07) is 3.31. The van der Waals surface area contributed by atoms with E-state index in [9.17, 15) is 9.59 Å². The summed E-state index contributed by atoms with van der Waals surface area (Å²) in [5, 5.41) is 0.0224. The van der Waals surface area contributed by atoms with Gasteiger partial charge in [0.1, 0.15) is 10.7 Å². The first-order valence-corrected chi connectivity index (χ1v) is 9.60. The van der Waals surface area contributed by atoms with Crippen molar-refractivity contribution in [3.8, 4) is 0 Å². The summed E-state index contributed by atoms with van der Waals surface area (Å²) in [5.74, 6) is 0.295. The number of fused-ring (bicyclic) bond motifs is 1. The van der Waals surface area contributed by atoms with E-state index in [0.29, 0.717) is 10.5 Å². The van der Waals surface area contributed by atoms with Crippen LogP contribution in [0.15, 0.2) is 28.3 Å². The number of ketones is 2. The third-order valence-electron chi connectivity index (χ3n) is 3.87. The van der Waals surface area contributed by atoms with E-state index in [1.165, 1.54) is 50.1 Å². The predicted octanol–water partition coefficient (Wildman–Crippen LogP) is 5.39. The fourth-order valence-electron chi connectivity index (χ4n) is 2.56. The maximum atomic E-state index is 12.5. The molecule has 124 valence electrons. The molecule has 0 saturated heterocycles. The molecule has 0 atom stereocenters. The van der Waals surface area contributed by atoms with Crippen molar-refractivity contribution in [3.05, 3.63) is 39.5 Å². The van der Waals surface area contributed by atoms with Gasteiger partial charge in [-0.3, -0.25) is 14.6 Å². The topological polar surface area (TPSA) is 47.0 Å². The van der Waals surface area contributed by atoms with Gasteiger partial charge >= 0.3 is 0 Å². The first kappa shape index (κ1) is 18.2. The van der Waals surface area contributed by atoms with Crippen molar-refractivity contribution < 1.29 is 9.59 Å². The molecule has 5 heteroatoms. The third-order valence-corrected chi connectivity index (χ3v) is 5.51. The number of halogens is 1. The Morgan fingerprint density at radius 2 is 1.74 bits per heavy atom. The minimum atomic E-state index is -0.344. The van der Waals surface area contributed by atoms with Gasteiger partial charge in [-0.25, -0.2) is 0 Å². The quantitative estimate of drug-likeness (QED) is 0.559. The van der Waals surface area contributed by atoms with E-state index in [1.54, 1.807) is 12.1 Å². The average molecular weight is 352 g/mol. The van der Waals surface area contributed by atoms with Crippen LogP contribution < -0.4 is 0 Å². The SMILES string of the molecule is CCCCCCCCCSC1=C(Cl)C(=O)c2ncccc2C1=O. The van der Waals surface area contributed by atoms with Crippen molar-refractivity contribution in [2.24, 2.45) is 0 Å². The molecule has 3 nitrogen and oxygen atoms in total. The molecule has 1 aliphatic carbocycles. The predicted molar refractivity (Wildman–Crippen MR) is 96.2 cm³/mol. The first-order valence-electron chi connectivity index (χ1n) is 8.23. The lowest BCUT2D eigenvalue weighted by molar-refractivity contribution is 0.0984. The zero-order valence-electron chi connectivity index (χ0n) is 13.4. The van der Waals surface area contributed by atoms with Gasteiger partial charge in [0.15, 0.2) is 0 Å². The molecule has 0 aliphatic heterocycles. The lowest BCUT2D eigenvalue weighted by atomic mass is 10.00. The number of rotatable bonds is 9. The van der Waals surface area contributed by atoms with Gasteiger partial charge in [-0.15, -0.1) is 11.8 Å². The normalized spacial score (nSPS) is 14.3. The molecule has 0 spiro atoms. The van der Waals surface area contributed by atoms with Crippen LogP contribution in [0.5, 0.6) is 0 Å². The Bertz CT molecular complexity index is 613. The minimum absolute atomic E-state index is 0.0224. The Morgan fingerprint density at radius 1 is 1.04 bits per heavy atom. The highest BCUT2D eigenvalue weighted by Crippen LogP contribution is 2.34. The highest BCUT2D eigenvalue weighted by molar-refractivity contribution is 8.04. The molecule has 1 heterocycles. The van der Waals surface area contributed by atoms with E-state index in [2.05, 4.69) is 11.9 Å². The zero-order chi connectivity index (χ0) is 16.7. The molecule has 0 aromatic carbocycles. The molecule has 1 aromatic rings. The van der Waals surface area contributed by atoms with Crippen LogP contribution in [0.4, 0.5) is 0 Å². The molecule has 1 aliphatic rings. The van der Waals surface area contributed by atoms with Crippen molar-refractivity contribution in [1.82, 2.24) is 4.98 Å². The van der Waals surface area contributed by atoms with Crippen molar-refractivity contribution in [3.63, 3.8) is 0 Å². The molecule has 0 unspecified atom stereocenters. The number of hydrogen-bond acceptors (Lipinski definition) is 4. The van der Waals surface area contributed by atoms with E-state index in [4.69, 9.17) is 11.6 Å². The van der Waals surface area contributed by atoms with Crippen molar-refractivity contribution >= 4 is 34.9 Å². The second-order valence-electron chi connectivity index (χ2n) is 5.67. The van der Waals surface area contributed by atoms with Crippen LogP contribution in [0.2, 0.25) is 0 Å². The molecule has 0 bridgehead atoms. The fraction of sp³-hybridized carbons (Fsp3) is 0.500. The number of carbonyl (C=O) groups excluding carboxylic acids is 2. The lowest BCUT2D eigenvalue weighted by Crippen LogP contribution is -2.20. The summed E-state index contributed by atoms with van der Waals surface area (Å²) in [6.45, 7) is 2.21. The molecule has 2 rings (SSSR count). The number of unbranched alkanes of at least 4 members (excludes halogenated alkanes) is 6. The largest absolute Gasteiger partial charge is 0.288 e. The molecular weight excluding hydrogens is 330 g/mol. The highest BCUT2D eigenvalue weighted by atomic mass is 35.5. The van der Waals surface area contributed by atoms with Gasteiger partial charge in [-0.1, -0.05) is 57.0 Å². The zero-order valence-corrected chi connectivity index (χ0v) is 15.0. The van der Waals surface area contributed by atoms with Crippen molar-refractivity contribution in [2.75, 3.05) is 5.75 Å². The standard InChI is InChI=1S/C18H22ClNO2S/c1-2-3-4-5-6-7-8-12-23-18-14(19)17(22)15-13(16(18)21)10-9-11-20-15/h9-11H,2-8,12H2,1H3. The van der Waals surface area contributed by atoms with Crippen LogP contribution in [-0.2, 0) is 0 Å². The third kappa shape index (κ3) is 4.67. The summed E-state index contributed by atoms with van der Waals surface area (Å²) in [4.78, 5) is 29.0. The van der Waals surface area contributed by atoms with Crippen LogP contribution in [0, 0.1) is 0 Å². The first-order chi connectivity index (χ1) is 11.2. The molecule has 0 amide bonds. The Labute approximate surface area is 146 Å². The van der Waals surface area contributed by atoms with Gasteiger partial charge in [-0.05, 0) is 24.3 Å². The number of hydrogen-bond donors (Lipinski definition) is 0. The number of allylic oxidation sites excluding steroid dienone is 2. The summed E-state index contributed by atoms with van der Waals surface area (Å²) in [7, 11) is 0. The van der Waals surface area contributed by atoms with Crippen LogP contribution in [0.25, 0.3) is 0 Å². The molecule has 0 N–H and O–H groups in total. The van der Waals surface area contributed by atoms with E-state index < -0.39 is 0 Å². The Hall–Kier alpha value is -1.13. The number of pyridine rings is 1. The highest BCUT2D eigenvalue weighted by Gasteiger charge is 2.32. The summed E-state index contributed by atoms with van der Waals surface area (Å²) in [5.41, 5.74) is 0.534. The maximum Gasteiger partial charge on any atom is 0.224 e. The van der Waals surface area contributed by atoms with Gasteiger partial charge in [0.25, 0.3) is 0 Å². The second kappa shape index (κ2) is 9.24. The van der Waals surface area contributed by atoms with Gasteiger partial charge in [0.2, 0.25) is 11.6 Å². The molecule has 23 heavy (non-hydrogen) atoms. The van der Waals surface area contributed by atoms with Crippen LogP contribution in [-0.4, -0.2) is 22.3 Å². The van der Waals surface area contributed by atoms with Crippen LogP contribution in [0.1, 0.15) is 72.7 Å². The smallest absolute Gasteiger partial charge is 0.224 e. The fourth-order valence-corrected chi connectivity index (χ4v) is 3.91. The number of aromatic nitrogens is 1. The van der Waals surface area contributed by atoms with E-state index in [1.807, 2.05) is 0 Å². The van der Waals surface area contributed by atoms with Crippen molar-refractivity contribution in [1.29, 1.82) is 0 Å². The summed E-state index contributed by atoms with van der Waals surface area (Å²) < 4.78 is 0. The lowest BCUT2D eigenvalue weighted by Gasteiger charge is -2.16. The van der Waals surface area contributed by atoms with E-state index in [0.717, 1.165) is 18.6 Å². The van der Waals surface area contributed by atoms with E-state index in [-0.39, 0.29) is 22.3 Å². The van der Waals surface area contributed by atoms with E-state index >= 15 is 0 Å². The number of thioether (sulfide) groups is 1. The van der Waals surface area contributed by atoms with Crippen LogP contribution >= 0.6 is 23.4 Å². The summed E-state index contributed by atoms with van der Waals surface area (Å²) >= 11 is 7.50. The average Bonchev–Trinajstić information content (AvgIpc) is 2.58.